The first kappa shape index (κ1) is 21.1. The van der Waals surface area contributed by atoms with Gasteiger partial charge in [0.25, 0.3) is 11.8 Å². The van der Waals surface area contributed by atoms with Crippen LogP contribution in [0, 0.1) is 0 Å². The van der Waals surface area contributed by atoms with Gasteiger partial charge in [-0.15, -0.1) is 0 Å². The summed E-state index contributed by atoms with van der Waals surface area (Å²) in [7, 11) is 0. The van der Waals surface area contributed by atoms with Crippen molar-refractivity contribution < 1.29 is 49.2 Å². The second-order valence-corrected chi connectivity index (χ2v) is 5.05. The Kier molecular flexibility index (Phi) is 6.97. The molecule has 1 aromatic heterocycles. The minimum absolute atomic E-state index is 0.566. The molecule has 0 fully saturated rings. The summed E-state index contributed by atoms with van der Waals surface area (Å²) in [5.74, 6) is -8.66. The first-order valence-corrected chi connectivity index (χ1v) is 7.07. The Bertz CT molecular complexity index is 723. The number of carbonyl (C=O) groups is 6. The molecule has 0 aromatic carbocycles. The molecule has 1 aromatic rings. The maximum absolute atomic E-state index is 12.1. The molecule has 0 aliphatic rings. The second-order valence-electron chi connectivity index (χ2n) is 5.05. The molecule has 0 spiro atoms. The van der Waals surface area contributed by atoms with Crippen LogP contribution in [0.5, 0.6) is 0 Å². The summed E-state index contributed by atoms with van der Waals surface area (Å²) in [6.45, 7) is 0. The van der Waals surface area contributed by atoms with Crippen molar-refractivity contribution in [2.45, 2.75) is 24.9 Å². The molecule has 2 atom stereocenters. The molecular weight excluding hydrogens is 372 g/mol. The van der Waals surface area contributed by atoms with Gasteiger partial charge in [0, 0.05) is 0 Å². The Balaban J connectivity index is 2.96. The van der Waals surface area contributed by atoms with E-state index in [0.717, 1.165) is 6.33 Å². The fourth-order valence-electron chi connectivity index (χ4n) is 1.85. The molecule has 14 nitrogen and oxygen atoms in total. The minimum Gasteiger partial charge on any atom is -0.481 e. The van der Waals surface area contributed by atoms with E-state index in [1.165, 1.54) is 0 Å². The lowest BCUT2D eigenvalue weighted by Gasteiger charge is -2.13. The van der Waals surface area contributed by atoms with E-state index < -0.39 is 72.0 Å². The normalized spacial score (nSPS) is 12.4. The van der Waals surface area contributed by atoms with Gasteiger partial charge in [-0.25, -0.2) is 14.6 Å². The molecule has 0 saturated carbocycles. The fourth-order valence-corrected chi connectivity index (χ4v) is 1.85. The number of H-pyrrole nitrogens is 1. The second kappa shape index (κ2) is 8.93. The Morgan fingerprint density at radius 1 is 0.852 bits per heavy atom. The number of hydrogen-bond donors (Lipinski definition) is 7. The zero-order valence-corrected chi connectivity index (χ0v) is 13.3. The van der Waals surface area contributed by atoms with Crippen molar-refractivity contribution >= 4 is 35.7 Å². The lowest BCUT2D eigenvalue weighted by molar-refractivity contribution is -0.145. The number of aromatic amines is 1. The average Bonchev–Trinajstić information content (AvgIpc) is 3.02. The van der Waals surface area contributed by atoms with Crippen molar-refractivity contribution in [3.63, 3.8) is 0 Å². The number of carboxylic acid groups (broad SMARTS) is 4. The molecule has 2 amide bonds. The SMILES string of the molecule is O=C(O)C[C@H](NC(=O)c1nc[nH]c1C(=O)N[C@@H](CC(=O)O)C(=O)O)C(=O)O. The molecule has 27 heavy (non-hydrogen) atoms. The van der Waals surface area contributed by atoms with Gasteiger partial charge in [0.05, 0.1) is 19.2 Å². The molecule has 146 valence electrons. The van der Waals surface area contributed by atoms with Crippen LogP contribution in [0.2, 0.25) is 0 Å². The smallest absolute Gasteiger partial charge is 0.326 e. The van der Waals surface area contributed by atoms with Crippen LogP contribution in [0.3, 0.4) is 0 Å². The third-order valence-electron chi connectivity index (χ3n) is 3.05. The molecular formula is C13H14N4O10. The number of carboxylic acids is 4. The van der Waals surface area contributed by atoms with Crippen LogP contribution in [0.15, 0.2) is 6.33 Å². The van der Waals surface area contributed by atoms with Crippen molar-refractivity contribution in [1.29, 1.82) is 0 Å². The maximum atomic E-state index is 12.1. The van der Waals surface area contributed by atoms with Gasteiger partial charge in [-0.3, -0.25) is 19.2 Å². The third kappa shape index (κ3) is 6.11. The summed E-state index contributed by atoms with van der Waals surface area (Å²) in [5.41, 5.74) is -1.20. The van der Waals surface area contributed by atoms with Crippen molar-refractivity contribution in [2.24, 2.45) is 0 Å². The van der Waals surface area contributed by atoms with Gasteiger partial charge in [-0.05, 0) is 0 Å². The number of amides is 2. The van der Waals surface area contributed by atoms with Crippen LogP contribution in [0.1, 0.15) is 33.8 Å². The van der Waals surface area contributed by atoms with Crippen LogP contribution in [0.25, 0.3) is 0 Å². The number of rotatable bonds is 10. The Morgan fingerprint density at radius 3 is 1.70 bits per heavy atom. The number of nitrogens with zero attached hydrogens (tertiary/aromatic N) is 1. The summed E-state index contributed by atoms with van der Waals surface area (Å²) in [6.07, 6.45) is -0.993. The lowest BCUT2D eigenvalue weighted by atomic mass is 10.1. The first-order chi connectivity index (χ1) is 12.5. The number of hydrogen-bond acceptors (Lipinski definition) is 7. The van der Waals surface area contributed by atoms with Gasteiger partial charge in [-0.2, -0.15) is 0 Å². The van der Waals surface area contributed by atoms with E-state index in [1.807, 2.05) is 10.6 Å². The van der Waals surface area contributed by atoms with Gasteiger partial charge >= 0.3 is 23.9 Å². The van der Waals surface area contributed by atoms with E-state index >= 15 is 0 Å². The van der Waals surface area contributed by atoms with E-state index in [4.69, 9.17) is 20.4 Å². The van der Waals surface area contributed by atoms with Gasteiger partial charge in [0.1, 0.15) is 17.8 Å². The highest BCUT2D eigenvalue weighted by Crippen LogP contribution is 2.06. The predicted molar refractivity (Wildman–Crippen MR) is 80.9 cm³/mol. The molecule has 0 saturated heterocycles. The van der Waals surface area contributed by atoms with Crippen LogP contribution in [0.4, 0.5) is 0 Å². The van der Waals surface area contributed by atoms with Crippen LogP contribution in [-0.2, 0) is 19.2 Å². The monoisotopic (exact) mass is 386 g/mol. The van der Waals surface area contributed by atoms with Crippen LogP contribution >= 0.6 is 0 Å². The van der Waals surface area contributed by atoms with Crippen LogP contribution in [-0.4, -0.2) is 78.2 Å². The highest BCUT2D eigenvalue weighted by Gasteiger charge is 2.29. The first-order valence-electron chi connectivity index (χ1n) is 7.07. The van der Waals surface area contributed by atoms with E-state index in [1.54, 1.807) is 0 Å². The van der Waals surface area contributed by atoms with E-state index in [2.05, 4.69) is 9.97 Å². The molecule has 0 aliphatic carbocycles. The number of aliphatic carboxylic acids is 4. The van der Waals surface area contributed by atoms with Gasteiger partial charge < -0.3 is 36.0 Å². The van der Waals surface area contributed by atoms with Gasteiger partial charge in [0.2, 0.25) is 0 Å². The number of aromatic nitrogens is 2. The molecule has 0 unspecified atom stereocenters. The molecule has 1 heterocycles. The topological polar surface area (TPSA) is 236 Å². The lowest BCUT2D eigenvalue weighted by Crippen LogP contribution is -2.44. The molecule has 0 radical (unpaired) electrons. The highest BCUT2D eigenvalue weighted by molar-refractivity contribution is 6.06. The third-order valence-corrected chi connectivity index (χ3v) is 3.05. The number of nitrogens with one attached hydrogen (secondary N) is 3. The quantitative estimate of drug-likeness (QED) is 0.226. The number of imidazole rings is 1. The Hall–Kier alpha value is -3.97. The Morgan fingerprint density at radius 2 is 1.30 bits per heavy atom. The summed E-state index contributed by atoms with van der Waals surface area (Å²) < 4.78 is 0. The summed E-state index contributed by atoms with van der Waals surface area (Å²) in [6, 6.07) is -3.60. The van der Waals surface area contributed by atoms with E-state index in [9.17, 15) is 28.8 Å². The van der Waals surface area contributed by atoms with Crippen molar-refractivity contribution in [3.8, 4) is 0 Å². The standard InChI is InChI=1S/C13H14N4O10/c18-6(19)1-4(12(24)25)16-10(22)8-9(15-3-14-8)11(23)17-5(13(26)27)2-7(20)21/h3-5H,1-2H2,(H,14,15)(H,16,22)(H,17,23)(H,18,19)(H,20,21)(H,24,25)(H,26,27)/t4-,5-/m0/s1. The zero-order valence-electron chi connectivity index (χ0n) is 13.3. The molecule has 0 bridgehead atoms. The largest absolute Gasteiger partial charge is 0.481 e. The number of carbonyl (C=O) groups excluding carboxylic acids is 2. The summed E-state index contributed by atoms with van der Waals surface area (Å²) in [4.78, 5) is 73.1. The van der Waals surface area contributed by atoms with Gasteiger partial charge in [0.15, 0.2) is 5.69 Å². The molecule has 1 rings (SSSR count). The maximum Gasteiger partial charge on any atom is 0.326 e. The van der Waals surface area contributed by atoms with Crippen LogP contribution < -0.4 is 10.6 Å². The zero-order chi connectivity index (χ0) is 20.7. The van der Waals surface area contributed by atoms with Gasteiger partial charge in [-0.1, -0.05) is 0 Å². The highest BCUT2D eigenvalue weighted by atomic mass is 16.4. The minimum atomic E-state index is -1.80. The average molecular weight is 386 g/mol. The van der Waals surface area contributed by atoms with Crippen molar-refractivity contribution in [3.05, 3.63) is 17.7 Å². The summed E-state index contributed by atoms with van der Waals surface area (Å²) >= 11 is 0. The van der Waals surface area contributed by atoms with E-state index in [0.29, 0.717) is 0 Å². The van der Waals surface area contributed by atoms with E-state index in [-0.39, 0.29) is 0 Å². The Labute approximate surface area is 149 Å². The molecule has 7 N–H and O–H groups in total. The fraction of sp³-hybridized carbons (Fsp3) is 0.308. The van der Waals surface area contributed by atoms with Crippen molar-refractivity contribution in [2.75, 3.05) is 0 Å². The predicted octanol–water partition coefficient (Wildman–Crippen LogP) is -2.27. The van der Waals surface area contributed by atoms with Crippen molar-refractivity contribution in [1.82, 2.24) is 20.6 Å². The summed E-state index contributed by atoms with van der Waals surface area (Å²) in [5, 5.41) is 38.8. The molecule has 0 aliphatic heterocycles. The molecule has 14 heteroatoms.